The number of hydrogen-bond acceptors (Lipinski definition) is 5. The van der Waals surface area contributed by atoms with Crippen molar-refractivity contribution in [3.63, 3.8) is 0 Å². The van der Waals surface area contributed by atoms with E-state index in [1.54, 1.807) is 6.92 Å². The lowest BCUT2D eigenvalue weighted by atomic mass is 10.3. The van der Waals surface area contributed by atoms with Crippen molar-refractivity contribution in [1.29, 1.82) is 0 Å². The molecule has 0 aliphatic heterocycles. The standard InChI is InChI=1S/C12H24N2O4/c1-3-14(8-9-15)10-11(16)13-7-5-6-12(17)18-4-2/h15H,3-10H2,1-2H3,(H,13,16). The summed E-state index contributed by atoms with van der Waals surface area (Å²) in [5.41, 5.74) is 0. The van der Waals surface area contributed by atoms with E-state index < -0.39 is 0 Å². The number of ether oxygens (including phenoxy) is 1. The van der Waals surface area contributed by atoms with E-state index in [0.29, 0.717) is 32.5 Å². The zero-order valence-corrected chi connectivity index (χ0v) is 11.3. The van der Waals surface area contributed by atoms with Gasteiger partial charge in [-0.15, -0.1) is 0 Å². The summed E-state index contributed by atoms with van der Waals surface area (Å²) in [4.78, 5) is 24.4. The molecule has 0 rings (SSSR count). The number of hydrogen-bond donors (Lipinski definition) is 2. The molecule has 18 heavy (non-hydrogen) atoms. The molecule has 0 aromatic carbocycles. The van der Waals surface area contributed by atoms with Crippen molar-refractivity contribution < 1.29 is 19.4 Å². The Bertz CT molecular complexity index is 246. The first kappa shape index (κ1) is 16.9. The van der Waals surface area contributed by atoms with Crippen molar-refractivity contribution in [3.8, 4) is 0 Å². The molecule has 6 nitrogen and oxygen atoms in total. The van der Waals surface area contributed by atoms with Crippen LogP contribution >= 0.6 is 0 Å². The highest BCUT2D eigenvalue weighted by Gasteiger charge is 2.08. The van der Waals surface area contributed by atoms with E-state index in [-0.39, 0.29) is 25.0 Å². The topological polar surface area (TPSA) is 78.9 Å². The average Bonchev–Trinajstić information content (AvgIpc) is 2.34. The van der Waals surface area contributed by atoms with Crippen LogP contribution in [0.1, 0.15) is 26.7 Å². The normalized spacial score (nSPS) is 10.4. The number of aliphatic hydroxyl groups excluding tert-OH is 1. The first-order valence-electron chi connectivity index (χ1n) is 6.39. The third-order valence-electron chi connectivity index (χ3n) is 2.42. The van der Waals surface area contributed by atoms with Crippen LogP contribution in [0.15, 0.2) is 0 Å². The number of nitrogens with zero attached hydrogens (tertiary/aromatic N) is 1. The van der Waals surface area contributed by atoms with Gasteiger partial charge in [0, 0.05) is 19.5 Å². The summed E-state index contributed by atoms with van der Waals surface area (Å²) in [5, 5.41) is 11.5. The van der Waals surface area contributed by atoms with E-state index in [4.69, 9.17) is 9.84 Å². The maximum Gasteiger partial charge on any atom is 0.305 e. The molecule has 0 heterocycles. The largest absolute Gasteiger partial charge is 0.466 e. The van der Waals surface area contributed by atoms with Gasteiger partial charge in [0.1, 0.15) is 0 Å². The molecule has 0 aromatic rings. The summed E-state index contributed by atoms with van der Waals surface area (Å²) in [6.07, 6.45) is 0.902. The van der Waals surface area contributed by atoms with Gasteiger partial charge in [0.2, 0.25) is 5.91 Å². The van der Waals surface area contributed by atoms with Gasteiger partial charge in [-0.25, -0.2) is 0 Å². The minimum atomic E-state index is -0.234. The van der Waals surface area contributed by atoms with Gasteiger partial charge < -0.3 is 15.2 Å². The van der Waals surface area contributed by atoms with E-state index in [9.17, 15) is 9.59 Å². The zero-order chi connectivity index (χ0) is 13.8. The molecule has 0 radical (unpaired) electrons. The molecule has 6 heteroatoms. The van der Waals surface area contributed by atoms with Crippen molar-refractivity contribution in [2.45, 2.75) is 26.7 Å². The van der Waals surface area contributed by atoms with E-state index in [2.05, 4.69) is 5.32 Å². The number of aliphatic hydroxyl groups is 1. The Balaban J connectivity index is 3.61. The van der Waals surface area contributed by atoms with Crippen molar-refractivity contribution >= 4 is 11.9 Å². The molecular formula is C12H24N2O4. The van der Waals surface area contributed by atoms with Gasteiger partial charge in [0.05, 0.1) is 19.8 Å². The molecule has 0 aliphatic rings. The molecule has 0 saturated carbocycles. The van der Waals surface area contributed by atoms with Gasteiger partial charge in [-0.05, 0) is 19.9 Å². The maximum absolute atomic E-state index is 11.5. The summed E-state index contributed by atoms with van der Waals surface area (Å²) in [6.45, 7) is 6.08. The molecular weight excluding hydrogens is 236 g/mol. The Hall–Kier alpha value is -1.14. The molecule has 106 valence electrons. The molecule has 0 spiro atoms. The van der Waals surface area contributed by atoms with Gasteiger partial charge >= 0.3 is 5.97 Å². The molecule has 0 unspecified atom stereocenters. The van der Waals surface area contributed by atoms with Crippen LogP contribution in [0.2, 0.25) is 0 Å². The number of nitrogens with one attached hydrogen (secondary N) is 1. The van der Waals surface area contributed by atoms with Crippen LogP contribution in [0.3, 0.4) is 0 Å². The second-order valence-corrected chi connectivity index (χ2v) is 3.85. The van der Waals surface area contributed by atoms with Gasteiger partial charge in [-0.1, -0.05) is 6.92 Å². The number of amides is 1. The van der Waals surface area contributed by atoms with Gasteiger partial charge in [0.15, 0.2) is 0 Å². The van der Waals surface area contributed by atoms with Crippen LogP contribution in [0.4, 0.5) is 0 Å². The predicted molar refractivity (Wildman–Crippen MR) is 68.1 cm³/mol. The van der Waals surface area contributed by atoms with Crippen molar-refractivity contribution in [2.75, 3.05) is 39.4 Å². The smallest absolute Gasteiger partial charge is 0.305 e. The van der Waals surface area contributed by atoms with Crippen LogP contribution in [-0.4, -0.2) is 61.3 Å². The predicted octanol–water partition coefficient (Wildman–Crippen LogP) is -0.240. The Morgan fingerprint density at radius 1 is 1.33 bits per heavy atom. The van der Waals surface area contributed by atoms with E-state index in [0.717, 1.165) is 6.54 Å². The number of likely N-dealkylation sites (N-methyl/N-ethyl adjacent to an activating group) is 1. The van der Waals surface area contributed by atoms with Crippen LogP contribution in [0.5, 0.6) is 0 Å². The summed E-state index contributed by atoms with van der Waals surface area (Å²) in [5.74, 6) is -0.323. The highest BCUT2D eigenvalue weighted by Crippen LogP contribution is 1.92. The Labute approximate surface area is 108 Å². The molecule has 0 atom stereocenters. The van der Waals surface area contributed by atoms with Gasteiger partial charge in [0.25, 0.3) is 0 Å². The molecule has 0 aromatic heterocycles. The van der Waals surface area contributed by atoms with Crippen LogP contribution in [-0.2, 0) is 14.3 Å². The minimum Gasteiger partial charge on any atom is -0.466 e. The first-order chi connectivity index (χ1) is 8.63. The number of esters is 1. The SMILES string of the molecule is CCOC(=O)CCCNC(=O)CN(CC)CCO. The summed E-state index contributed by atoms with van der Waals surface area (Å²) in [6, 6.07) is 0. The van der Waals surface area contributed by atoms with Crippen LogP contribution in [0, 0.1) is 0 Å². The van der Waals surface area contributed by atoms with Gasteiger partial charge in [-0.2, -0.15) is 0 Å². The fraction of sp³-hybridized carbons (Fsp3) is 0.833. The van der Waals surface area contributed by atoms with E-state index in [1.165, 1.54) is 0 Å². The molecule has 1 amide bonds. The molecule has 2 N–H and O–H groups in total. The second kappa shape index (κ2) is 11.0. The maximum atomic E-state index is 11.5. The van der Waals surface area contributed by atoms with E-state index >= 15 is 0 Å². The van der Waals surface area contributed by atoms with Gasteiger partial charge in [-0.3, -0.25) is 14.5 Å². The van der Waals surface area contributed by atoms with Crippen molar-refractivity contribution in [1.82, 2.24) is 10.2 Å². The summed E-state index contributed by atoms with van der Waals surface area (Å²) in [7, 11) is 0. The first-order valence-corrected chi connectivity index (χ1v) is 6.39. The second-order valence-electron chi connectivity index (χ2n) is 3.85. The number of rotatable bonds is 10. The summed E-state index contributed by atoms with van der Waals surface area (Å²) < 4.78 is 4.78. The quantitative estimate of drug-likeness (QED) is 0.419. The number of carbonyl (C=O) groups is 2. The fourth-order valence-corrected chi connectivity index (χ4v) is 1.44. The zero-order valence-electron chi connectivity index (χ0n) is 11.3. The molecule has 0 bridgehead atoms. The van der Waals surface area contributed by atoms with Crippen molar-refractivity contribution in [3.05, 3.63) is 0 Å². The summed E-state index contributed by atoms with van der Waals surface area (Å²) >= 11 is 0. The lowest BCUT2D eigenvalue weighted by Gasteiger charge is -2.18. The monoisotopic (exact) mass is 260 g/mol. The van der Waals surface area contributed by atoms with Crippen LogP contribution < -0.4 is 5.32 Å². The van der Waals surface area contributed by atoms with Crippen LogP contribution in [0.25, 0.3) is 0 Å². The Kier molecular flexibility index (Phi) is 10.3. The van der Waals surface area contributed by atoms with E-state index in [1.807, 2.05) is 11.8 Å². The Morgan fingerprint density at radius 2 is 2.06 bits per heavy atom. The third kappa shape index (κ3) is 8.95. The third-order valence-corrected chi connectivity index (χ3v) is 2.42. The minimum absolute atomic E-state index is 0.0456. The fourth-order valence-electron chi connectivity index (χ4n) is 1.44. The molecule has 0 saturated heterocycles. The number of carbonyl (C=O) groups excluding carboxylic acids is 2. The average molecular weight is 260 g/mol. The molecule has 0 aliphatic carbocycles. The lowest BCUT2D eigenvalue weighted by molar-refractivity contribution is -0.143. The lowest BCUT2D eigenvalue weighted by Crippen LogP contribution is -2.38. The highest BCUT2D eigenvalue weighted by molar-refractivity contribution is 5.78. The highest BCUT2D eigenvalue weighted by atomic mass is 16.5. The Morgan fingerprint density at radius 3 is 2.61 bits per heavy atom. The molecule has 0 fully saturated rings. The van der Waals surface area contributed by atoms with Crippen molar-refractivity contribution in [2.24, 2.45) is 0 Å².